The summed E-state index contributed by atoms with van der Waals surface area (Å²) < 4.78 is 0. The molecule has 0 unspecified atom stereocenters. The van der Waals surface area contributed by atoms with E-state index in [1.807, 2.05) is 43.3 Å². The summed E-state index contributed by atoms with van der Waals surface area (Å²) in [6.45, 7) is 1.92. The molecule has 0 aliphatic heterocycles. The molecule has 2 N–H and O–H groups in total. The second-order valence-corrected chi connectivity index (χ2v) is 3.86. The second-order valence-electron chi connectivity index (χ2n) is 3.86. The van der Waals surface area contributed by atoms with E-state index < -0.39 is 0 Å². The number of phenolic OH excluding ortho intramolecular Hbond substituents is 1. The summed E-state index contributed by atoms with van der Waals surface area (Å²) in [5, 5.41) is 18.5. The molecule has 2 aromatic carbocycles. The molecule has 82 valence electrons. The van der Waals surface area contributed by atoms with Crippen molar-refractivity contribution >= 4 is 0 Å². The highest BCUT2D eigenvalue weighted by molar-refractivity contribution is 5.66. The quantitative estimate of drug-likeness (QED) is 0.807. The minimum atomic E-state index is 0.0465. The van der Waals surface area contributed by atoms with Crippen molar-refractivity contribution in [3.63, 3.8) is 0 Å². The summed E-state index contributed by atoms with van der Waals surface area (Å²) in [5.74, 6) is 0.307. The number of aliphatic hydroxyl groups is 1. The van der Waals surface area contributed by atoms with E-state index >= 15 is 0 Å². The topological polar surface area (TPSA) is 40.5 Å². The van der Waals surface area contributed by atoms with E-state index in [9.17, 15) is 5.11 Å². The number of benzene rings is 2. The number of rotatable bonds is 2. The fourth-order valence-corrected chi connectivity index (χ4v) is 1.68. The van der Waals surface area contributed by atoms with Gasteiger partial charge in [-0.05, 0) is 47.4 Å². The zero-order chi connectivity index (χ0) is 11.5. The first-order chi connectivity index (χ1) is 7.70. The number of aryl methyl sites for hydroxylation is 1. The zero-order valence-electron chi connectivity index (χ0n) is 9.14. The van der Waals surface area contributed by atoms with Gasteiger partial charge in [0.25, 0.3) is 0 Å². The maximum Gasteiger partial charge on any atom is 0.118 e. The molecule has 16 heavy (non-hydrogen) atoms. The largest absolute Gasteiger partial charge is 0.508 e. The van der Waals surface area contributed by atoms with Crippen molar-refractivity contribution in [1.82, 2.24) is 0 Å². The lowest BCUT2D eigenvalue weighted by molar-refractivity contribution is 0.282. The maximum atomic E-state index is 9.45. The molecule has 0 aliphatic rings. The maximum absolute atomic E-state index is 9.45. The first-order valence-electron chi connectivity index (χ1n) is 5.20. The van der Waals surface area contributed by atoms with Gasteiger partial charge in [-0.2, -0.15) is 0 Å². The number of hydrogen-bond acceptors (Lipinski definition) is 2. The molecular formula is C14H14O2. The predicted molar refractivity (Wildman–Crippen MR) is 64.2 cm³/mol. The molecule has 0 atom stereocenters. The lowest BCUT2D eigenvalue weighted by Crippen LogP contribution is -1.85. The molecule has 2 aromatic rings. The van der Waals surface area contributed by atoms with Gasteiger partial charge >= 0.3 is 0 Å². The Hall–Kier alpha value is -1.80. The number of aliphatic hydroxyl groups excluding tert-OH is 1. The average Bonchev–Trinajstić information content (AvgIpc) is 2.33. The van der Waals surface area contributed by atoms with Gasteiger partial charge in [0.05, 0.1) is 6.61 Å². The zero-order valence-corrected chi connectivity index (χ0v) is 9.14. The first-order valence-corrected chi connectivity index (χ1v) is 5.20. The Kier molecular flexibility index (Phi) is 2.93. The van der Waals surface area contributed by atoms with Gasteiger partial charge in [0, 0.05) is 0 Å². The van der Waals surface area contributed by atoms with Gasteiger partial charge in [-0.15, -0.1) is 0 Å². The summed E-state index contributed by atoms with van der Waals surface area (Å²) in [7, 11) is 0. The van der Waals surface area contributed by atoms with Crippen LogP contribution >= 0.6 is 0 Å². The lowest BCUT2D eigenvalue weighted by atomic mass is 10.0. The Morgan fingerprint density at radius 2 is 1.75 bits per heavy atom. The minimum Gasteiger partial charge on any atom is -0.508 e. The molecular weight excluding hydrogens is 200 g/mol. The van der Waals surface area contributed by atoms with Crippen LogP contribution in [-0.2, 0) is 6.61 Å². The summed E-state index contributed by atoms with van der Waals surface area (Å²) in [4.78, 5) is 0. The van der Waals surface area contributed by atoms with E-state index in [0.29, 0.717) is 5.75 Å². The SMILES string of the molecule is Cc1cc(-c2cccc(CO)c2)ccc1O. The standard InChI is InChI=1S/C14H14O2/c1-10-7-13(5-6-14(10)16)12-4-2-3-11(8-12)9-15/h2-8,15-16H,9H2,1H3. The predicted octanol–water partition coefficient (Wildman–Crippen LogP) is 2.86. The fourth-order valence-electron chi connectivity index (χ4n) is 1.68. The Labute approximate surface area is 94.8 Å². The average molecular weight is 214 g/mol. The second kappa shape index (κ2) is 4.37. The van der Waals surface area contributed by atoms with Crippen molar-refractivity contribution in [1.29, 1.82) is 0 Å². The van der Waals surface area contributed by atoms with Crippen molar-refractivity contribution in [2.75, 3.05) is 0 Å². The van der Waals surface area contributed by atoms with Crippen LogP contribution in [0.25, 0.3) is 11.1 Å². The molecule has 0 heterocycles. The van der Waals surface area contributed by atoms with Crippen molar-refractivity contribution in [2.24, 2.45) is 0 Å². The number of hydrogen-bond donors (Lipinski definition) is 2. The van der Waals surface area contributed by atoms with Crippen molar-refractivity contribution in [3.8, 4) is 16.9 Å². The Morgan fingerprint density at radius 1 is 1.00 bits per heavy atom. The van der Waals surface area contributed by atoms with E-state index in [1.165, 1.54) is 0 Å². The summed E-state index contributed by atoms with van der Waals surface area (Å²) >= 11 is 0. The van der Waals surface area contributed by atoms with E-state index in [1.54, 1.807) is 6.07 Å². The highest BCUT2D eigenvalue weighted by Crippen LogP contribution is 2.25. The Morgan fingerprint density at radius 3 is 2.44 bits per heavy atom. The smallest absolute Gasteiger partial charge is 0.118 e. The molecule has 0 saturated heterocycles. The van der Waals surface area contributed by atoms with Crippen molar-refractivity contribution in [3.05, 3.63) is 53.6 Å². The molecule has 0 bridgehead atoms. The van der Waals surface area contributed by atoms with Crippen LogP contribution in [0.5, 0.6) is 5.75 Å². The highest BCUT2D eigenvalue weighted by atomic mass is 16.3. The third kappa shape index (κ3) is 2.07. The van der Waals surface area contributed by atoms with Gasteiger partial charge in [0.2, 0.25) is 0 Å². The van der Waals surface area contributed by atoms with Gasteiger partial charge in [-0.1, -0.05) is 24.3 Å². The molecule has 0 amide bonds. The highest BCUT2D eigenvalue weighted by Gasteiger charge is 2.01. The van der Waals surface area contributed by atoms with E-state index in [4.69, 9.17) is 5.11 Å². The van der Waals surface area contributed by atoms with E-state index in [2.05, 4.69) is 0 Å². The molecule has 0 radical (unpaired) electrons. The molecule has 2 heteroatoms. The molecule has 0 aliphatic carbocycles. The van der Waals surface area contributed by atoms with Crippen LogP contribution in [0.1, 0.15) is 11.1 Å². The lowest BCUT2D eigenvalue weighted by Gasteiger charge is -2.06. The van der Waals surface area contributed by atoms with Crippen molar-refractivity contribution < 1.29 is 10.2 Å². The van der Waals surface area contributed by atoms with Crippen LogP contribution in [-0.4, -0.2) is 10.2 Å². The molecule has 2 rings (SSSR count). The normalized spacial score (nSPS) is 10.4. The van der Waals surface area contributed by atoms with E-state index in [-0.39, 0.29) is 6.61 Å². The van der Waals surface area contributed by atoms with Gasteiger partial charge in [-0.25, -0.2) is 0 Å². The van der Waals surface area contributed by atoms with Gasteiger partial charge in [0.15, 0.2) is 0 Å². The van der Waals surface area contributed by atoms with Crippen LogP contribution in [0.15, 0.2) is 42.5 Å². The molecule has 2 nitrogen and oxygen atoms in total. The molecule has 0 spiro atoms. The number of aromatic hydroxyl groups is 1. The fraction of sp³-hybridized carbons (Fsp3) is 0.143. The van der Waals surface area contributed by atoms with Crippen LogP contribution in [0.2, 0.25) is 0 Å². The molecule has 0 aromatic heterocycles. The summed E-state index contributed by atoms with van der Waals surface area (Å²) in [6.07, 6.45) is 0. The third-order valence-electron chi connectivity index (χ3n) is 2.64. The van der Waals surface area contributed by atoms with Gasteiger partial charge < -0.3 is 10.2 Å². The first kappa shape index (κ1) is 10.7. The van der Waals surface area contributed by atoms with Crippen LogP contribution in [0.4, 0.5) is 0 Å². The third-order valence-corrected chi connectivity index (χ3v) is 2.64. The van der Waals surface area contributed by atoms with Crippen molar-refractivity contribution in [2.45, 2.75) is 13.5 Å². The van der Waals surface area contributed by atoms with Crippen LogP contribution in [0.3, 0.4) is 0 Å². The van der Waals surface area contributed by atoms with Crippen LogP contribution in [0, 0.1) is 6.92 Å². The monoisotopic (exact) mass is 214 g/mol. The summed E-state index contributed by atoms with van der Waals surface area (Å²) in [5.41, 5.74) is 3.84. The van der Waals surface area contributed by atoms with Gasteiger partial charge in [0.1, 0.15) is 5.75 Å². The molecule has 0 fully saturated rings. The Bertz CT molecular complexity index is 504. The van der Waals surface area contributed by atoms with Gasteiger partial charge in [-0.3, -0.25) is 0 Å². The van der Waals surface area contributed by atoms with E-state index in [0.717, 1.165) is 22.3 Å². The van der Waals surface area contributed by atoms with Crippen LogP contribution < -0.4 is 0 Å². The molecule has 0 saturated carbocycles. The Balaban J connectivity index is 2.46. The number of phenols is 1. The minimum absolute atomic E-state index is 0.0465. The summed E-state index contributed by atoms with van der Waals surface area (Å²) in [6, 6.07) is 13.2.